The Morgan fingerprint density at radius 3 is 2.54 bits per heavy atom. The molecule has 5 nitrogen and oxygen atoms in total. The normalized spacial score (nSPS) is 11.1. The second kappa shape index (κ2) is 7.07. The summed E-state index contributed by atoms with van der Waals surface area (Å²) in [6.07, 6.45) is 0. The average molecular weight is 353 g/mol. The summed E-state index contributed by atoms with van der Waals surface area (Å²) in [7, 11) is 0. The number of hydrogen-bond donors (Lipinski definition) is 1. The van der Waals surface area contributed by atoms with Gasteiger partial charge in [0.1, 0.15) is 5.82 Å². The molecule has 6 heteroatoms. The molecular formula is C20H20FN3O2. The fraction of sp³-hybridized carbons (Fsp3) is 0.250. The quantitative estimate of drug-likeness (QED) is 0.782. The van der Waals surface area contributed by atoms with Crippen LogP contribution in [0.15, 0.2) is 47.3 Å². The van der Waals surface area contributed by atoms with Crippen LogP contribution in [-0.2, 0) is 6.54 Å². The van der Waals surface area contributed by atoms with Crippen LogP contribution < -0.4 is 10.9 Å². The summed E-state index contributed by atoms with van der Waals surface area (Å²) in [6, 6.07) is 11.5. The van der Waals surface area contributed by atoms with E-state index in [0.717, 1.165) is 5.56 Å². The molecule has 0 aliphatic carbocycles. The van der Waals surface area contributed by atoms with Gasteiger partial charge in [-0.1, -0.05) is 30.3 Å². The fourth-order valence-electron chi connectivity index (χ4n) is 2.81. The van der Waals surface area contributed by atoms with Crippen LogP contribution in [0.1, 0.15) is 41.5 Å². The lowest BCUT2D eigenvalue weighted by Gasteiger charge is -2.13. The third kappa shape index (κ3) is 3.35. The Kier molecular flexibility index (Phi) is 4.84. The zero-order valence-electron chi connectivity index (χ0n) is 14.9. The van der Waals surface area contributed by atoms with Gasteiger partial charge in [-0.2, -0.15) is 5.10 Å². The van der Waals surface area contributed by atoms with E-state index in [4.69, 9.17) is 0 Å². The van der Waals surface area contributed by atoms with Gasteiger partial charge < -0.3 is 5.32 Å². The third-order valence-corrected chi connectivity index (χ3v) is 4.21. The number of rotatable bonds is 4. The molecule has 1 amide bonds. The molecule has 0 fully saturated rings. The molecule has 1 N–H and O–H groups in total. The maximum absolute atomic E-state index is 13.4. The summed E-state index contributed by atoms with van der Waals surface area (Å²) >= 11 is 0. The Hall–Kier alpha value is -3.02. The Labute approximate surface area is 150 Å². The van der Waals surface area contributed by atoms with Gasteiger partial charge in [0, 0.05) is 11.9 Å². The number of aromatic nitrogens is 2. The highest BCUT2D eigenvalue weighted by molar-refractivity contribution is 6.04. The number of hydrogen-bond acceptors (Lipinski definition) is 3. The first-order chi connectivity index (χ1) is 12.4. The van der Waals surface area contributed by atoms with E-state index >= 15 is 0 Å². The molecule has 2 aromatic carbocycles. The number of amides is 1. The number of carbonyl (C=O) groups is 1. The van der Waals surface area contributed by atoms with E-state index in [9.17, 15) is 14.0 Å². The topological polar surface area (TPSA) is 64.0 Å². The van der Waals surface area contributed by atoms with Gasteiger partial charge in [0.05, 0.1) is 11.4 Å². The molecule has 0 unspecified atom stereocenters. The van der Waals surface area contributed by atoms with Crippen molar-refractivity contribution in [2.75, 3.05) is 0 Å². The molecule has 0 saturated carbocycles. The summed E-state index contributed by atoms with van der Waals surface area (Å²) in [5.41, 5.74) is 1.29. The zero-order chi connectivity index (χ0) is 18.8. The highest BCUT2D eigenvalue weighted by Crippen LogP contribution is 2.15. The first kappa shape index (κ1) is 17.8. The lowest BCUT2D eigenvalue weighted by Crippen LogP contribution is -2.31. The predicted molar refractivity (Wildman–Crippen MR) is 98.7 cm³/mol. The van der Waals surface area contributed by atoms with Crippen molar-refractivity contribution in [2.45, 2.75) is 33.4 Å². The molecule has 1 heterocycles. The molecule has 0 atom stereocenters. The second-order valence-corrected chi connectivity index (χ2v) is 6.50. The summed E-state index contributed by atoms with van der Waals surface area (Å²) in [5.74, 6) is -0.658. The molecule has 0 spiro atoms. The van der Waals surface area contributed by atoms with Crippen LogP contribution in [0.5, 0.6) is 0 Å². The van der Waals surface area contributed by atoms with Gasteiger partial charge in [-0.15, -0.1) is 0 Å². The van der Waals surface area contributed by atoms with E-state index in [1.807, 2.05) is 13.8 Å². The minimum absolute atomic E-state index is 0.168. The molecule has 0 aliphatic heterocycles. The molecule has 0 saturated heterocycles. The van der Waals surface area contributed by atoms with Crippen molar-refractivity contribution in [3.63, 3.8) is 0 Å². The molecule has 0 radical (unpaired) electrons. The van der Waals surface area contributed by atoms with Gasteiger partial charge in [-0.3, -0.25) is 9.59 Å². The maximum Gasteiger partial charge on any atom is 0.274 e. The number of benzene rings is 2. The summed E-state index contributed by atoms with van der Waals surface area (Å²) in [4.78, 5) is 25.2. The van der Waals surface area contributed by atoms with Crippen LogP contribution in [0.25, 0.3) is 10.8 Å². The first-order valence-electron chi connectivity index (χ1n) is 8.43. The second-order valence-electron chi connectivity index (χ2n) is 6.50. The molecular weight excluding hydrogens is 333 g/mol. The van der Waals surface area contributed by atoms with Gasteiger partial charge in [0.2, 0.25) is 0 Å². The van der Waals surface area contributed by atoms with Crippen LogP contribution in [-0.4, -0.2) is 15.7 Å². The summed E-state index contributed by atoms with van der Waals surface area (Å²) < 4.78 is 14.7. The molecule has 1 aromatic heterocycles. The standard InChI is InChI=1S/C20H20FN3O2/c1-12(2)24-20(26)16-7-5-4-6-15(16)18(23-24)19(25)22-11-14-8-9-17(21)13(3)10-14/h4-10,12H,11H2,1-3H3,(H,22,25). The highest BCUT2D eigenvalue weighted by atomic mass is 19.1. The van der Waals surface area contributed by atoms with Crippen LogP contribution in [0.3, 0.4) is 0 Å². The van der Waals surface area contributed by atoms with E-state index in [1.165, 1.54) is 10.7 Å². The van der Waals surface area contributed by atoms with E-state index in [2.05, 4.69) is 10.4 Å². The predicted octanol–water partition coefficient (Wildman–Crippen LogP) is 3.35. The Morgan fingerprint density at radius 2 is 1.88 bits per heavy atom. The minimum Gasteiger partial charge on any atom is -0.347 e. The lowest BCUT2D eigenvalue weighted by atomic mass is 10.1. The van der Waals surface area contributed by atoms with Gasteiger partial charge in [0.25, 0.3) is 11.5 Å². The highest BCUT2D eigenvalue weighted by Gasteiger charge is 2.17. The number of nitrogens with zero attached hydrogens (tertiary/aromatic N) is 2. The average Bonchev–Trinajstić information content (AvgIpc) is 2.62. The first-order valence-corrected chi connectivity index (χ1v) is 8.43. The van der Waals surface area contributed by atoms with E-state index in [0.29, 0.717) is 16.3 Å². The van der Waals surface area contributed by atoms with E-state index in [-0.39, 0.29) is 35.6 Å². The number of nitrogens with one attached hydrogen (secondary N) is 1. The van der Waals surface area contributed by atoms with Crippen molar-refractivity contribution >= 4 is 16.7 Å². The van der Waals surface area contributed by atoms with Crippen molar-refractivity contribution in [1.82, 2.24) is 15.1 Å². The zero-order valence-corrected chi connectivity index (χ0v) is 14.9. The third-order valence-electron chi connectivity index (χ3n) is 4.21. The van der Waals surface area contributed by atoms with Gasteiger partial charge in [0.15, 0.2) is 5.69 Å². The Morgan fingerprint density at radius 1 is 1.19 bits per heavy atom. The fourth-order valence-corrected chi connectivity index (χ4v) is 2.81. The van der Waals surface area contributed by atoms with Crippen molar-refractivity contribution in [1.29, 1.82) is 0 Å². The molecule has 0 aliphatic rings. The lowest BCUT2D eigenvalue weighted by molar-refractivity contribution is 0.0945. The van der Waals surface area contributed by atoms with Crippen LogP contribution in [0, 0.1) is 12.7 Å². The smallest absolute Gasteiger partial charge is 0.274 e. The molecule has 3 rings (SSSR count). The van der Waals surface area contributed by atoms with Gasteiger partial charge in [-0.25, -0.2) is 9.07 Å². The van der Waals surface area contributed by atoms with Crippen molar-refractivity contribution in [3.05, 3.63) is 75.5 Å². The monoisotopic (exact) mass is 353 g/mol. The van der Waals surface area contributed by atoms with Crippen LogP contribution in [0.2, 0.25) is 0 Å². The number of carbonyl (C=O) groups excluding carboxylic acids is 1. The molecule has 26 heavy (non-hydrogen) atoms. The van der Waals surface area contributed by atoms with E-state index in [1.54, 1.807) is 43.3 Å². The Balaban J connectivity index is 1.96. The molecule has 3 aromatic rings. The minimum atomic E-state index is -0.377. The van der Waals surface area contributed by atoms with Crippen molar-refractivity contribution < 1.29 is 9.18 Å². The SMILES string of the molecule is Cc1cc(CNC(=O)c2nn(C(C)C)c(=O)c3ccccc23)ccc1F. The van der Waals surface area contributed by atoms with Gasteiger partial charge in [-0.05, 0) is 44.0 Å². The molecule has 0 bridgehead atoms. The summed E-state index contributed by atoms with van der Waals surface area (Å²) in [5, 5.41) is 8.05. The number of fused-ring (bicyclic) bond motifs is 1. The number of aryl methyl sites for hydroxylation is 1. The van der Waals surface area contributed by atoms with Crippen molar-refractivity contribution in [2.24, 2.45) is 0 Å². The van der Waals surface area contributed by atoms with Crippen LogP contribution >= 0.6 is 0 Å². The number of halogens is 1. The Bertz CT molecular complexity index is 1040. The summed E-state index contributed by atoms with van der Waals surface area (Å²) in [6.45, 7) is 5.60. The van der Waals surface area contributed by atoms with Gasteiger partial charge >= 0.3 is 0 Å². The van der Waals surface area contributed by atoms with Crippen molar-refractivity contribution in [3.8, 4) is 0 Å². The van der Waals surface area contributed by atoms with Crippen LogP contribution in [0.4, 0.5) is 4.39 Å². The largest absolute Gasteiger partial charge is 0.347 e. The molecule has 134 valence electrons. The van der Waals surface area contributed by atoms with E-state index < -0.39 is 0 Å². The maximum atomic E-state index is 13.4.